The Bertz CT molecular complexity index is 320. The third kappa shape index (κ3) is 3.73. The maximum atomic E-state index is 11.9. The van der Waals surface area contributed by atoms with Crippen LogP contribution >= 0.6 is 0 Å². The summed E-state index contributed by atoms with van der Waals surface area (Å²) >= 11 is 0. The van der Waals surface area contributed by atoms with E-state index in [4.69, 9.17) is 14.2 Å². The van der Waals surface area contributed by atoms with Crippen molar-refractivity contribution >= 4 is 5.97 Å². The maximum absolute atomic E-state index is 11.9. The zero-order chi connectivity index (χ0) is 14.6. The van der Waals surface area contributed by atoms with Gasteiger partial charge in [0.05, 0.1) is 18.6 Å². The van der Waals surface area contributed by atoms with E-state index in [0.29, 0.717) is 6.42 Å². The number of ether oxygens (including phenoxy) is 3. The van der Waals surface area contributed by atoms with Crippen LogP contribution in [0.5, 0.6) is 0 Å². The van der Waals surface area contributed by atoms with Crippen molar-refractivity contribution in [2.45, 2.75) is 77.6 Å². The van der Waals surface area contributed by atoms with Crippen LogP contribution in [0, 0.1) is 5.41 Å². The Balaban J connectivity index is 1.70. The molecule has 20 heavy (non-hydrogen) atoms. The summed E-state index contributed by atoms with van der Waals surface area (Å²) in [6.45, 7) is 7.99. The Hall–Kier alpha value is -0.610. The molecule has 1 saturated heterocycles. The summed E-state index contributed by atoms with van der Waals surface area (Å²) in [7, 11) is 0. The smallest absolute Gasteiger partial charge is 0.308 e. The number of carbonyl (C=O) groups is 1. The Morgan fingerprint density at radius 1 is 1.35 bits per heavy atom. The number of hydrogen-bond acceptors (Lipinski definition) is 4. The molecule has 0 spiro atoms. The highest BCUT2D eigenvalue weighted by Gasteiger charge is 2.51. The molecule has 0 amide bonds. The van der Waals surface area contributed by atoms with Gasteiger partial charge in [-0.3, -0.25) is 4.79 Å². The standard InChI is InChI=1S/C16H28O4/c1-4-5-8-19-13-11-14(16(13,2)3)20-15(17)10-12-7-6-9-18-12/h12-14H,4-11H2,1-3H3/t12-,13+,14+/m0/s1. The van der Waals surface area contributed by atoms with E-state index in [1.54, 1.807) is 0 Å². The molecule has 4 nitrogen and oxygen atoms in total. The summed E-state index contributed by atoms with van der Waals surface area (Å²) in [4.78, 5) is 11.9. The first-order valence-electron chi connectivity index (χ1n) is 7.96. The van der Waals surface area contributed by atoms with Crippen molar-refractivity contribution in [1.82, 2.24) is 0 Å². The molecule has 0 unspecified atom stereocenters. The molecule has 2 aliphatic rings. The van der Waals surface area contributed by atoms with Gasteiger partial charge in [-0.25, -0.2) is 0 Å². The van der Waals surface area contributed by atoms with E-state index in [1.165, 1.54) is 0 Å². The lowest BCUT2D eigenvalue weighted by atomic mass is 9.66. The summed E-state index contributed by atoms with van der Waals surface area (Å²) in [6.07, 6.45) is 5.77. The molecule has 0 aromatic rings. The quantitative estimate of drug-likeness (QED) is 0.532. The Morgan fingerprint density at radius 2 is 2.15 bits per heavy atom. The molecule has 1 aliphatic heterocycles. The average molecular weight is 284 g/mol. The molecule has 1 saturated carbocycles. The van der Waals surface area contributed by atoms with E-state index in [9.17, 15) is 4.79 Å². The van der Waals surface area contributed by atoms with Gasteiger partial charge in [-0.15, -0.1) is 0 Å². The molecule has 0 aromatic heterocycles. The first kappa shape index (κ1) is 15.8. The van der Waals surface area contributed by atoms with Crippen molar-refractivity contribution in [1.29, 1.82) is 0 Å². The van der Waals surface area contributed by atoms with Crippen molar-refractivity contribution in [2.24, 2.45) is 5.41 Å². The van der Waals surface area contributed by atoms with Crippen LogP contribution in [0.15, 0.2) is 0 Å². The van der Waals surface area contributed by atoms with Crippen molar-refractivity contribution in [3.63, 3.8) is 0 Å². The van der Waals surface area contributed by atoms with Crippen LogP contribution in [0.25, 0.3) is 0 Å². The van der Waals surface area contributed by atoms with Gasteiger partial charge in [-0.1, -0.05) is 27.2 Å². The summed E-state index contributed by atoms with van der Waals surface area (Å²) in [5, 5.41) is 0. The third-order valence-corrected chi connectivity index (χ3v) is 4.60. The zero-order valence-electron chi connectivity index (χ0n) is 13.0. The first-order chi connectivity index (χ1) is 9.54. The molecule has 0 bridgehead atoms. The van der Waals surface area contributed by atoms with Crippen LogP contribution in [0.1, 0.15) is 59.3 Å². The van der Waals surface area contributed by atoms with Gasteiger partial charge in [0.25, 0.3) is 0 Å². The Morgan fingerprint density at radius 3 is 2.75 bits per heavy atom. The van der Waals surface area contributed by atoms with E-state index in [1.807, 2.05) is 0 Å². The number of hydrogen-bond donors (Lipinski definition) is 0. The van der Waals surface area contributed by atoms with Gasteiger partial charge in [0.2, 0.25) is 0 Å². The van der Waals surface area contributed by atoms with E-state index >= 15 is 0 Å². The number of carbonyl (C=O) groups excluding carboxylic acids is 1. The van der Waals surface area contributed by atoms with Crippen molar-refractivity contribution in [3.8, 4) is 0 Å². The predicted molar refractivity (Wildman–Crippen MR) is 76.5 cm³/mol. The molecule has 0 N–H and O–H groups in total. The molecule has 4 heteroatoms. The van der Waals surface area contributed by atoms with Gasteiger partial charge in [0, 0.05) is 25.0 Å². The van der Waals surface area contributed by atoms with Gasteiger partial charge < -0.3 is 14.2 Å². The number of rotatable bonds is 7. The predicted octanol–water partition coefficient (Wildman–Crippen LogP) is 3.08. The second-order valence-electron chi connectivity index (χ2n) is 6.59. The first-order valence-corrected chi connectivity index (χ1v) is 7.96. The van der Waals surface area contributed by atoms with Gasteiger partial charge in [0.1, 0.15) is 6.10 Å². The summed E-state index contributed by atoms with van der Waals surface area (Å²) in [5.74, 6) is -0.123. The zero-order valence-corrected chi connectivity index (χ0v) is 13.0. The van der Waals surface area contributed by atoms with Crippen LogP contribution in [0.4, 0.5) is 0 Å². The molecule has 2 rings (SSSR count). The highest BCUT2D eigenvalue weighted by molar-refractivity contribution is 5.70. The van der Waals surface area contributed by atoms with Crippen LogP contribution in [0.3, 0.4) is 0 Å². The SMILES string of the molecule is CCCCO[C@@H]1C[C@@H](OC(=O)C[C@@H]2CCCO2)C1(C)C. The van der Waals surface area contributed by atoms with Crippen molar-refractivity contribution in [3.05, 3.63) is 0 Å². The fourth-order valence-electron chi connectivity index (χ4n) is 2.90. The molecule has 116 valence electrons. The molecule has 1 aliphatic carbocycles. The van der Waals surface area contributed by atoms with Crippen molar-refractivity contribution < 1.29 is 19.0 Å². The largest absolute Gasteiger partial charge is 0.462 e. The summed E-state index contributed by atoms with van der Waals surface area (Å²) < 4.78 is 16.9. The monoisotopic (exact) mass is 284 g/mol. The van der Waals surface area contributed by atoms with Crippen LogP contribution < -0.4 is 0 Å². The molecular weight excluding hydrogens is 256 g/mol. The van der Waals surface area contributed by atoms with E-state index in [-0.39, 0.29) is 29.7 Å². The minimum absolute atomic E-state index is 0.0111. The molecule has 3 atom stereocenters. The highest BCUT2D eigenvalue weighted by atomic mass is 16.6. The van der Waals surface area contributed by atoms with Crippen LogP contribution in [-0.4, -0.2) is 37.5 Å². The topological polar surface area (TPSA) is 44.8 Å². The second kappa shape index (κ2) is 6.90. The Labute approximate surface area is 122 Å². The van der Waals surface area contributed by atoms with Crippen molar-refractivity contribution in [2.75, 3.05) is 13.2 Å². The third-order valence-electron chi connectivity index (χ3n) is 4.60. The van der Waals surface area contributed by atoms with E-state index in [0.717, 1.165) is 45.3 Å². The normalized spacial score (nSPS) is 31.9. The minimum Gasteiger partial charge on any atom is -0.462 e. The molecule has 0 radical (unpaired) electrons. The number of unbranched alkanes of at least 4 members (excludes halogenated alkanes) is 1. The number of esters is 1. The fraction of sp³-hybridized carbons (Fsp3) is 0.938. The van der Waals surface area contributed by atoms with E-state index < -0.39 is 0 Å². The summed E-state index contributed by atoms with van der Waals surface area (Å²) in [5.41, 5.74) is -0.0695. The van der Waals surface area contributed by atoms with Gasteiger partial charge in [-0.05, 0) is 19.3 Å². The van der Waals surface area contributed by atoms with Crippen LogP contribution in [0.2, 0.25) is 0 Å². The van der Waals surface area contributed by atoms with Crippen LogP contribution in [-0.2, 0) is 19.0 Å². The van der Waals surface area contributed by atoms with Gasteiger partial charge >= 0.3 is 5.97 Å². The lowest BCUT2D eigenvalue weighted by molar-refractivity contribution is -0.204. The highest BCUT2D eigenvalue weighted by Crippen LogP contribution is 2.45. The van der Waals surface area contributed by atoms with Gasteiger partial charge in [0.15, 0.2) is 0 Å². The van der Waals surface area contributed by atoms with Gasteiger partial charge in [-0.2, -0.15) is 0 Å². The lowest BCUT2D eigenvalue weighted by Gasteiger charge is -2.50. The lowest BCUT2D eigenvalue weighted by Crippen LogP contribution is -2.56. The second-order valence-corrected chi connectivity index (χ2v) is 6.59. The molecular formula is C16H28O4. The molecule has 0 aromatic carbocycles. The maximum Gasteiger partial charge on any atom is 0.308 e. The Kier molecular flexibility index (Phi) is 5.44. The fourth-order valence-corrected chi connectivity index (χ4v) is 2.90. The average Bonchev–Trinajstić information content (AvgIpc) is 2.89. The van der Waals surface area contributed by atoms with E-state index in [2.05, 4.69) is 20.8 Å². The molecule has 1 heterocycles. The molecule has 2 fully saturated rings. The summed E-state index contributed by atoms with van der Waals surface area (Å²) in [6, 6.07) is 0. The minimum atomic E-state index is -0.123.